The van der Waals surface area contributed by atoms with Gasteiger partial charge in [0.15, 0.2) is 0 Å². The quantitative estimate of drug-likeness (QED) is 0.697. The molecule has 0 aromatic heterocycles. The monoisotopic (exact) mass is 282 g/mol. The second-order valence-electron chi connectivity index (χ2n) is 6.73. The predicted octanol–water partition coefficient (Wildman–Crippen LogP) is 0.530. The average molecular weight is 282 g/mol. The number of amides is 1. The highest BCUT2D eigenvalue weighted by atomic mass is 16.1. The SMILES string of the molecule is CC(N)(CCCCN1CCN2CCCCC2C1)C(N)=O. The summed E-state index contributed by atoms with van der Waals surface area (Å²) in [6.07, 6.45) is 6.89. The molecule has 0 bridgehead atoms. The molecule has 116 valence electrons. The van der Waals surface area contributed by atoms with Crippen LogP contribution in [0.25, 0.3) is 0 Å². The summed E-state index contributed by atoms with van der Waals surface area (Å²) in [5.74, 6) is -0.395. The lowest BCUT2D eigenvalue weighted by Crippen LogP contribution is -2.54. The van der Waals surface area contributed by atoms with Crippen molar-refractivity contribution in [2.75, 3.05) is 32.7 Å². The second-order valence-corrected chi connectivity index (χ2v) is 6.73. The first kappa shape index (κ1) is 15.7. The van der Waals surface area contributed by atoms with Gasteiger partial charge in [0.25, 0.3) is 0 Å². The average Bonchev–Trinajstić information content (AvgIpc) is 2.43. The van der Waals surface area contributed by atoms with Gasteiger partial charge in [0.05, 0.1) is 5.54 Å². The fourth-order valence-corrected chi connectivity index (χ4v) is 3.37. The third kappa shape index (κ3) is 4.17. The first-order chi connectivity index (χ1) is 9.49. The summed E-state index contributed by atoms with van der Waals surface area (Å²) in [5.41, 5.74) is 10.3. The van der Waals surface area contributed by atoms with Crippen molar-refractivity contribution in [3.8, 4) is 0 Å². The van der Waals surface area contributed by atoms with Gasteiger partial charge in [-0.25, -0.2) is 0 Å². The molecule has 4 N–H and O–H groups in total. The number of fused-ring (bicyclic) bond motifs is 1. The largest absolute Gasteiger partial charge is 0.368 e. The van der Waals surface area contributed by atoms with E-state index in [4.69, 9.17) is 11.5 Å². The van der Waals surface area contributed by atoms with Crippen LogP contribution in [0.1, 0.15) is 45.4 Å². The van der Waals surface area contributed by atoms with Crippen molar-refractivity contribution < 1.29 is 4.79 Å². The van der Waals surface area contributed by atoms with E-state index in [0.717, 1.165) is 25.4 Å². The fraction of sp³-hybridized carbons (Fsp3) is 0.933. The Morgan fingerprint density at radius 2 is 2.05 bits per heavy atom. The van der Waals surface area contributed by atoms with Crippen LogP contribution in [0.15, 0.2) is 0 Å². The minimum absolute atomic E-state index is 0.395. The number of rotatable bonds is 6. The van der Waals surface area contributed by atoms with E-state index in [0.29, 0.717) is 6.42 Å². The molecule has 2 heterocycles. The second kappa shape index (κ2) is 6.87. The molecule has 2 atom stereocenters. The maximum absolute atomic E-state index is 11.2. The van der Waals surface area contributed by atoms with Gasteiger partial charge >= 0.3 is 0 Å². The van der Waals surface area contributed by atoms with Crippen molar-refractivity contribution in [2.45, 2.75) is 57.0 Å². The number of carbonyl (C=O) groups is 1. The molecule has 0 aromatic carbocycles. The first-order valence-electron chi connectivity index (χ1n) is 8.04. The molecular weight excluding hydrogens is 252 g/mol. The lowest BCUT2D eigenvalue weighted by atomic mass is 9.95. The molecule has 0 aliphatic carbocycles. The van der Waals surface area contributed by atoms with Crippen LogP contribution >= 0.6 is 0 Å². The summed E-state index contributed by atoms with van der Waals surface area (Å²) in [5, 5.41) is 0. The molecular formula is C15H30N4O. The number of hydrogen-bond donors (Lipinski definition) is 2. The van der Waals surface area contributed by atoms with Crippen molar-refractivity contribution >= 4 is 5.91 Å². The smallest absolute Gasteiger partial charge is 0.237 e. The fourth-order valence-electron chi connectivity index (χ4n) is 3.37. The molecule has 5 heteroatoms. The van der Waals surface area contributed by atoms with E-state index in [1.807, 2.05) is 0 Å². The van der Waals surface area contributed by atoms with E-state index >= 15 is 0 Å². The van der Waals surface area contributed by atoms with E-state index < -0.39 is 11.4 Å². The summed E-state index contributed by atoms with van der Waals surface area (Å²) in [4.78, 5) is 16.4. The molecule has 2 saturated heterocycles. The van der Waals surface area contributed by atoms with Gasteiger partial charge in [-0.2, -0.15) is 0 Å². The number of carbonyl (C=O) groups excluding carboxylic acids is 1. The zero-order valence-electron chi connectivity index (χ0n) is 12.8. The zero-order chi connectivity index (χ0) is 14.6. The molecule has 20 heavy (non-hydrogen) atoms. The predicted molar refractivity (Wildman–Crippen MR) is 81.3 cm³/mol. The summed E-state index contributed by atoms with van der Waals surface area (Å²) < 4.78 is 0. The minimum atomic E-state index is -0.845. The van der Waals surface area contributed by atoms with Gasteiger partial charge in [0.1, 0.15) is 0 Å². The maximum Gasteiger partial charge on any atom is 0.237 e. The van der Waals surface area contributed by atoms with Crippen LogP contribution in [0.5, 0.6) is 0 Å². The summed E-state index contributed by atoms with van der Waals surface area (Å²) >= 11 is 0. The highest BCUT2D eigenvalue weighted by Crippen LogP contribution is 2.21. The van der Waals surface area contributed by atoms with Crippen LogP contribution in [-0.4, -0.2) is 60.0 Å². The molecule has 1 amide bonds. The Hall–Kier alpha value is -0.650. The van der Waals surface area contributed by atoms with Crippen molar-refractivity contribution in [1.82, 2.24) is 9.80 Å². The lowest BCUT2D eigenvalue weighted by molar-refractivity contribution is -0.122. The van der Waals surface area contributed by atoms with Crippen LogP contribution in [0.3, 0.4) is 0 Å². The van der Waals surface area contributed by atoms with E-state index in [1.54, 1.807) is 6.92 Å². The van der Waals surface area contributed by atoms with E-state index in [9.17, 15) is 4.79 Å². The standard InChI is InChI=1S/C15H30N4O/c1-15(17,14(16)20)7-3-5-8-18-10-11-19-9-4-2-6-13(19)12-18/h13H,2-12,17H2,1H3,(H2,16,20). The van der Waals surface area contributed by atoms with Crippen LogP contribution in [-0.2, 0) is 4.79 Å². The maximum atomic E-state index is 11.2. The number of hydrogen-bond acceptors (Lipinski definition) is 4. The van der Waals surface area contributed by atoms with Crippen LogP contribution in [0, 0.1) is 0 Å². The molecule has 0 aromatic rings. The molecule has 2 aliphatic heterocycles. The van der Waals surface area contributed by atoms with Gasteiger partial charge in [-0.1, -0.05) is 6.42 Å². The number of unbranched alkanes of at least 4 members (excludes halogenated alkanes) is 1. The zero-order valence-corrected chi connectivity index (χ0v) is 12.8. The number of piperidine rings is 1. The number of nitrogens with zero attached hydrogens (tertiary/aromatic N) is 2. The number of nitrogens with two attached hydrogens (primary N) is 2. The Balaban J connectivity index is 1.64. The van der Waals surface area contributed by atoms with Gasteiger partial charge in [0.2, 0.25) is 5.91 Å². The van der Waals surface area contributed by atoms with Gasteiger partial charge in [-0.3, -0.25) is 9.69 Å². The molecule has 5 nitrogen and oxygen atoms in total. The third-order valence-electron chi connectivity index (χ3n) is 4.90. The topological polar surface area (TPSA) is 75.6 Å². The highest BCUT2D eigenvalue weighted by molar-refractivity contribution is 5.83. The van der Waals surface area contributed by atoms with E-state index in [2.05, 4.69) is 9.80 Å². The van der Waals surface area contributed by atoms with Gasteiger partial charge in [-0.15, -0.1) is 0 Å². The van der Waals surface area contributed by atoms with Crippen molar-refractivity contribution in [2.24, 2.45) is 11.5 Å². The van der Waals surface area contributed by atoms with Gasteiger partial charge in [-0.05, 0) is 52.1 Å². The molecule has 0 saturated carbocycles. The number of primary amides is 1. The molecule has 2 fully saturated rings. The van der Waals surface area contributed by atoms with Gasteiger partial charge < -0.3 is 16.4 Å². The summed E-state index contributed by atoms with van der Waals surface area (Å²) in [7, 11) is 0. The molecule has 2 aliphatic rings. The van der Waals surface area contributed by atoms with E-state index in [1.165, 1.54) is 45.4 Å². The minimum Gasteiger partial charge on any atom is -0.368 e. The molecule has 2 rings (SSSR count). The molecule has 0 spiro atoms. The normalized spacial score (nSPS) is 27.8. The first-order valence-corrected chi connectivity index (χ1v) is 8.04. The summed E-state index contributed by atoms with van der Waals surface area (Å²) in [6, 6.07) is 0.780. The van der Waals surface area contributed by atoms with Crippen LogP contribution < -0.4 is 11.5 Å². The van der Waals surface area contributed by atoms with Crippen molar-refractivity contribution in [1.29, 1.82) is 0 Å². The number of piperazine rings is 1. The molecule has 2 unspecified atom stereocenters. The van der Waals surface area contributed by atoms with Crippen molar-refractivity contribution in [3.05, 3.63) is 0 Å². The Morgan fingerprint density at radius 3 is 2.80 bits per heavy atom. The Bertz CT molecular complexity index is 332. The third-order valence-corrected chi connectivity index (χ3v) is 4.90. The Labute approximate surface area is 122 Å². The lowest BCUT2D eigenvalue weighted by Gasteiger charge is -2.44. The molecule has 0 radical (unpaired) electrons. The van der Waals surface area contributed by atoms with Crippen molar-refractivity contribution in [3.63, 3.8) is 0 Å². The van der Waals surface area contributed by atoms with Crippen LogP contribution in [0.4, 0.5) is 0 Å². The Morgan fingerprint density at radius 1 is 1.25 bits per heavy atom. The van der Waals surface area contributed by atoms with E-state index in [-0.39, 0.29) is 0 Å². The summed E-state index contributed by atoms with van der Waals surface area (Å²) in [6.45, 7) is 7.78. The van der Waals surface area contributed by atoms with Crippen LogP contribution in [0.2, 0.25) is 0 Å². The highest BCUT2D eigenvalue weighted by Gasteiger charge is 2.29. The van der Waals surface area contributed by atoms with Gasteiger partial charge in [0, 0.05) is 25.7 Å². The Kier molecular flexibility index (Phi) is 5.41.